The van der Waals surface area contributed by atoms with E-state index in [1.165, 1.54) is 0 Å². The van der Waals surface area contributed by atoms with Gasteiger partial charge in [-0.25, -0.2) is 14.6 Å². The maximum atomic E-state index is 12.8. The number of nitrogens with zero attached hydrogens (tertiary/aromatic N) is 2. The topological polar surface area (TPSA) is 88.6 Å². The number of esters is 1. The molecule has 1 fully saturated rings. The van der Waals surface area contributed by atoms with Crippen molar-refractivity contribution in [2.24, 2.45) is 0 Å². The van der Waals surface area contributed by atoms with Crippen molar-refractivity contribution in [1.29, 1.82) is 0 Å². The third kappa shape index (κ3) is 3.97. The number of carbonyl (C=O) groups excluding carboxylic acids is 3. The number of nitrogens with one attached hydrogen (secondary N) is 1. The number of hydrogen-bond acceptors (Lipinski definition) is 5. The summed E-state index contributed by atoms with van der Waals surface area (Å²) in [6, 6.07) is 16.0. The minimum absolute atomic E-state index is 0.265. The first kappa shape index (κ1) is 19.1. The molecule has 0 saturated carbocycles. The fourth-order valence-corrected chi connectivity index (χ4v) is 3.37. The van der Waals surface area contributed by atoms with Crippen LogP contribution in [0.25, 0.3) is 22.2 Å². The Bertz CT molecular complexity index is 1110. The van der Waals surface area contributed by atoms with E-state index in [-0.39, 0.29) is 6.54 Å². The van der Waals surface area contributed by atoms with Crippen LogP contribution in [0.1, 0.15) is 10.4 Å². The van der Waals surface area contributed by atoms with Gasteiger partial charge in [0, 0.05) is 28.5 Å². The van der Waals surface area contributed by atoms with Crippen molar-refractivity contribution in [1.82, 2.24) is 15.2 Å². The smallest absolute Gasteiger partial charge is 0.339 e. The van der Waals surface area contributed by atoms with Gasteiger partial charge in [-0.2, -0.15) is 0 Å². The molecule has 4 rings (SSSR count). The number of para-hydroxylation sites is 1. The number of benzene rings is 2. The Morgan fingerprint density at radius 3 is 2.62 bits per heavy atom. The molecule has 29 heavy (non-hydrogen) atoms. The number of amides is 3. The minimum Gasteiger partial charge on any atom is -0.452 e. The molecule has 0 spiro atoms. The quantitative estimate of drug-likeness (QED) is 0.611. The van der Waals surface area contributed by atoms with E-state index >= 15 is 0 Å². The number of carbonyl (C=O) groups is 3. The van der Waals surface area contributed by atoms with Crippen LogP contribution in [0.4, 0.5) is 4.79 Å². The lowest BCUT2D eigenvalue weighted by molar-refractivity contribution is -0.130. The summed E-state index contributed by atoms with van der Waals surface area (Å²) in [6.07, 6.45) is 0. The van der Waals surface area contributed by atoms with Gasteiger partial charge in [-0.3, -0.25) is 9.69 Å². The molecule has 2 aromatic carbocycles. The predicted molar refractivity (Wildman–Crippen MR) is 110 cm³/mol. The Hall–Kier alpha value is -3.26. The Kier molecular flexibility index (Phi) is 5.26. The van der Waals surface area contributed by atoms with Crippen molar-refractivity contribution in [3.05, 3.63) is 64.6 Å². The Morgan fingerprint density at radius 1 is 1.14 bits per heavy atom. The number of imide groups is 1. The van der Waals surface area contributed by atoms with E-state index in [1.807, 2.05) is 36.4 Å². The minimum atomic E-state index is -0.644. The van der Waals surface area contributed by atoms with E-state index in [0.29, 0.717) is 28.7 Å². The Balaban J connectivity index is 1.63. The summed E-state index contributed by atoms with van der Waals surface area (Å²) in [6.45, 7) is 0.154. The molecule has 1 saturated heterocycles. The molecule has 0 aliphatic carbocycles. The first-order valence-electron chi connectivity index (χ1n) is 8.94. The molecule has 2 heterocycles. The number of aromatic nitrogens is 1. The molecule has 0 bridgehead atoms. The second-order valence-corrected chi connectivity index (χ2v) is 7.35. The number of urea groups is 1. The third-order valence-corrected chi connectivity index (χ3v) is 5.09. The standard InChI is InChI=1S/C21H16BrN3O4/c22-14-7-5-13(6-8-14)18-11-16(15-3-1-2-4-17(15)24-18)20(27)29-12-19(26)25-10-9-23-21(25)28/h1-8,11H,9-10,12H2,(H,23,28). The third-order valence-electron chi connectivity index (χ3n) is 4.56. The van der Waals surface area contributed by atoms with E-state index in [2.05, 4.69) is 26.2 Å². The first-order valence-corrected chi connectivity index (χ1v) is 9.73. The normalized spacial score (nSPS) is 13.4. The zero-order chi connectivity index (χ0) is 20.4. The van der Waals surface area contributed by atoms with Crippen LogP contribution >= 0.6 is 15.9 Å². The van der Waals surface area contributed by atoms with Crippen LogP contribution in [-0.2, 0) is 9.53 Å². The molecule has 8 heteroatoms. The molecule has 146 valence electrons. The van der Waals surface area contributed by atoms with Gasteiger partial charge in [0.1, 0.15) is 0 Å². The molecular formula is C21H16BrN3O4. The van der Waals surface area contributed by atoms with Gasteiger partial charge >= 0.3 is 12.0 Å². The van der Waals surface area contributed by atoms with Crippen molar-refractivity contribution in [3.8, 4) is 11.3 Å². The Morgan fingerprint density at radius 2 is 1.90 bits per heavy atom. The number of pyridine rings is 1. The Labute approximate surface area is 174 Å². The summed E-state index contributed by atoms with van der Waals surface area (Å²) in [5.74, 6) is -1.20. The fraction of sp³-hybridized carbons (Fsp3) is 0.143. The second kappa shape index (κ2) is 8.00. The highest BCUT2D eigenvalue weighted by Gasteiger charge is 2.27. The van der Waals surface area contributed by atoms with E-state index in [1.54, 1.807) is 18.2 Å². The molecule has 1 aliphatic heterocycles. The predicted octanol–water partition coefficient (Wildman–Crippen LogP) is 3.37. The van der Waals surface area contributed by atoms with Gasteiger partial charge in [-0.05, 0) is 24.3 Å². The number of ether oxygens (including phenoxy) is 1. The molecule has 7 nitrogen and oxygen atoms in total. The molecular weight excluding hydrogens is 438 g/mol. The van der Waals surface area contributed by atoms with Gasteiger partial charge in [-0.15, -0.1) is 0 Å². The molecule has 3 aromatic rings. The highest BCUT2D eigenvalue weighted by molar-refractivity contribution is 9.10. The highest BCUT2D eigenvalue weighted by Crippen LogP contribution is 2.26. The van der Waals surface area contributed by atoms with E-state index < -0.39 is 24.5 Å². The SMILES string of the molecule is O=C(OCC(=O)N1CCNC1=O)c1cc(-c2ccc(Br)cc2)nc2ccccc12. The summed E-state index contributed by atoms with van der Waals surface area (Å²) >= 11 is 3.40. The van der Waals surface area contributed by atoms with Gasteiger partial charge in [0.25, 0.3) is 5.91 Å². The van der Waals surface area contributed by atoms with Crippen LogP contribution in [0.2, 0.25) is 0 Å². The summed E-state index contributed by atoms with van der Waals surface area (Å²) in [7, 11) is 0. The van der Waals surface area contributed by atoms with E-state index in [0.717, 1.165) is 14.9 Å². The molecule has 1 N–H and O–H groups in total. The summed E-state index contributed by atoms with van der Waals surface area (Å²) in [5.41, 5.74) is 2.42. The van der Waals surface area contributed by atoms with Crippen LogP contribution in [0.15, 0.2) is 59.1 Å². The van der Waals surface area contributed by atoms with E-state index in [4.69, 9.17) is 4.74 Å². The van der Waals surface area contributed by atoms with Gasteiger partial charge in [0.15, 0.2) is 6.61 Å². The van der Waals surface area contributed by atoms with Gasteiger partial charge < -0.3 is 10.1 Å². The van der Waals surface area contributed by atoms with E-state index in [9.17, 15) is 14.4 Å². The second-order valence-electron chi connectivity index (χ2n) is 6.43. The average Bonchev–Trinajstić information content (AvgIpc) is 3.17. The van der Waals surface area contributed by atoms with Gasteiger partial charge in [0.05, 0.1) is 16.8 Å². The van der Waals surface area contributed by atoms with Crippen molar-refractivity contribution >= 4 is 44.7 Å². The zero-order valence-electron chi connectivity index (χ0n) is 15.2. The fourth-order valence-electron chi connectivity index (χ4n) is 3.11. The largest absolute Gasteiger partial charge is 0.452 e. The number of halogens is 1. The molecule has 0 radical (unpaired) electrons. The van der Waals surface area contributed by atoms with Crippen molar-refractivity contribution in [3.63, 3.8) is 0 Å². The maximum absolute atomic E-state index is 12.8. The van der Waals surface area contributed by atoms with Crippen LogP contribution in [-0.4, -0.2) is 47.5 Å². The summed E-state index contributed by atoms with van der Waals surface area (Å²) in [5, 5.41) is 3.17. The number of rotatable bonds is 4. The first-order chi connectivity index (χ1) is 14.0. The van der Waals surface area contributed by atoms with Crippen LogP contribution < -0.4 is 5.32 Å². The van der Waals surface area contributed by atoms with Gasteiger partial charge in [0.2, 0.25) is 0 Å². The maximum Gasteiger partial charge on any atom is 0.339 e. The lowest BCUT2D eigenvalue weighted by Crippen LogP contribution is -2.37. The van der Waals surface area contributed by atoms with Crippen LogP contribution in [0.3, 0.4) is 0 Å². The molecule has 1 aromatic heterocycles. The number of fused-ring (bicyclic) bond motifs is 1. The number of hydrogen-bond donors (Lipinski definition) is 1. The molecule has 0 atom stereocenters. The van der Waals surface area contributed by atoms with Gasteiger partial charge in [-0.1, -0.05) is 46.3 Å². The van der Waals surface area contributed by atoms with Crippen molar-refractivity contribution in [2.75, 3.05) is 19.7 Å². The summed E-state index contributed by atoms with van der Waals surface area (Å²) < 4.78 is 6.16. The summed E-state index contributed by atoms with van der Waals surface area (Å²) in [4.78, 5) is 42.2. The zero-order valence-corrected chi connectivity index (χ0v) is 16.8. The van der Waals surface area contributed by atoms with Crippen LogP contribution in [0, 0.1) is 0 Å². The monoisotopic (exact) mass is 453 g/mol. The lowest BCUT2D eigenvalue weighted by Gasteiger charge is -2.13. The average molecular weight is 454 g/mol. The molecule has 1 aliphatic rings. The van der Waals surface area contributed by atoms with Crippen molar-refractivity contribution < 1.29 is 19.1 Å². The van der Waals surface area contributed by atoms with Crippen LogP contribution in [0.5, 0.6) is 0 Å². The lowest BCUT2D eigenvalue weighted by atomic mass is 10.0. The highest BCUT2D eigenvalue weighted by atomic mass is 79.9. The van der Waals surface area contributed by atoms with Crippen molar-refractivity contribution in [2.45, 2.75) is 0 Å². The molecule has 3 amide bonds. The molecule has 0 unspecified atom stereocenters.